The van der Waals surface area contributed by atoms with E-state index in [4.69, 9.17) is 0 Å². The first-order valence-corrected chi connectivity index (χ1v) is 8.76. The molecule has 1 aromatic carbocycles. The molecule has 0 radical (unpaired) electrons. The molecule has 2 atom stereocenters. The van der Waals surface area contributed by atoms with Crippen molar-refractivity contribution < 1.29 is 4.79 Å². The highest BCUT2D eigenvalue weighted by Gasteiger charge is 2.31. The molecule has 0 saturated heterocycles. The number of nitrogens with zero attached hydrogens (tertiary/aromatic N) is 3. The largest absolute Gasteiger partial charge is 0.338 e. The van der Waals surface area contributed by atoms with Crippen molar-refractivity contribution in [3.05, 3.63) is 52.3 Å². The number of aromatic nitrogens is 2. The number of fused-ring (bicyclic) bond motifs is 1. The van der Waals surface area contributed by atoms with Crippen LogP contribution in [0.2, 0.25) is 0 Å². The summed E-state index contributed by atoms with van der Waals surface area (Å²) in [6.07, 6.45) is 3.29. The van der Waals surface area contributed by atoms with Gasteiger partial charge >= 0.3 is 0 Å². The number of hydrogen-bond donors (Lipinski definition) is 0. The Hall–Kier alpha value is -2.10. The number of benzene rings is 1. The molecular formula is C20H27N3O. The Morgan fingerprint density at radius 3 is 2.71 bits per heavy atom. The lowest BCUT2D eigenvalue weighted by molar-refractivity contribution is -0.133. The third-order valence-corrected chi connectivity index (χ3v) is 5.52. The van der Waals surface area contributed by atoms with Crippen LogP contribution in [0.5, 0.6) is 0 Å². The molecular weight excluding hydrogens is 298 g/mol. The standard InChI is InChI=1S/C20H27N3O/c1-13(19-14(2)21-23(5)15(19)3)20(24)22(4)18-12-8-10-16-9-6-7-11-17(16)18/h6-7,9,11,13,18H,8,10,12H2,1-5H3/t13-,18+/m1/s1. The Morgan fingerprint density at radius 2 is 2.04 bits per heavy atom. The van der Waals surface area contributed by atoms with E-state index in [1.807, 2.05) is 44.4 Å². The van der Waals surface area contributed by atoms with Crippen molar-refractivity contribution in [1.29, 1.82) is 0 Å². The molecule has 0 bridgehead atoms. The fourth-order valence-corrected chi connectivity index (χ4v) is 4.13. The predicted octanol–water partition coefficient (Wildman–Crippen LogP) is 3.68. The van der Waals surface area contributed by atoms with Gasteiger partial charge in [0.05, 0.1) is 17.7 Å². The topological polar surface area (TPSA) is 38.1 Å². The van der Waals surface area contributed by atoms with Crippen LogP contribution >= 0.6 is 0 Å². The van der Waals surface area contributed by atoms with Crippen LogP contribution in [-0.2, 0) is 18.3 Å². The first-order valence-electron chi connectivity index (χ1n) is 8.76. The quantitative estimate of drug-likeness (QED) is 0.863. The van der Waals surface area contributed by atoms with Gasteiger partial charge in [-0.2, -0.15) is 5.10 Å². The molecule has 2 aromatic rings. The van der Waals surface area contributed by atoms with E-state index in [9.17, 15) is 4.79 Å². The Balaban J connectivity index is 1.88. The first kappa shape index (κ1) is 16.7. The summed E-state index contributed by atoms with van der Waals surface area (Å²) in [7, 11) is 3.89. The fourth-order valence-electron chi connectivity index (χ4n) is 4.13. The van der Waals surface area contributed by atoms with Crippen LogP contribution in [0.4, 0.5) is 0 Å². The van der Waals surface area contributed by atoms with E-state index < -0.39 is 0 Å². The minimum absolute atomic E-state index is 0.169. The van der Waals surface area contributed by atoms with Gasteiger partial charge in [-0.15, -0.1) is 0 Å². The van der Waals surface area contributed by atoms with E-state index in [2.05, 4.69) is 29.4 Å². The lowest BCUT2D eigenvalue weighted by Gasteiger charge is -2.35. The van der Waals surface area contributed by atoms with Crippen molar-refractivity contribution in [2.24, 2.45) is 7.05 Å². The highest BCUT2D eigenvalue weighted by Crippen LogP contribution is 2.35. The lowest BCUT2D eigenvalue weighted by Crippen LogP contribution is -2.36. The second-order valence-electron chi connectivity index (χ2n) is 6.99. The third-order valence-electron chi connectivity index (χ3n) is 5.52. The van der Waals surface area contributed by atoms with Gasteiger partial charge in [0.2, 0.25) is 5.91 Å². The average Bonchev–Trinajstić information content (AvgIpc) is 2.84. The Morgan fingerprint density at radius 1 is 1.33 bits per heavy atom. The van der Waals surface area contributed by atoms with Crippen LogP contribution in [0.15, 0.2) is 24.3 Å². The van der Waals surface area contributed by atoms with Gasteiger partial charge < -0.3 is 4.90 Å². The van der Waals surface area contributed by atoms with E-state index in [0.29, 0.717) is 0 Å². The van der Waals surface area contributed by atoms with Crippen molar-refractivity contribution >= 4 is 5.91 Å². The smallest absolute Gasteiger partial charge is 0.230 e. The number of carbonyl (C=O) groups is 1. The molecule has 1 amide bonds. The predicted molar refractivity (Wildman–Crippen MR) is 96.0 cm³/mol. The molecule has 128 valence electrons. The summed E-state index contributed by atoms with van der Waals surface area (Å²) in [4.78, 5) is 15.1. The summed E-state index contributed by atoms with van der Waals surface area (Å²) >= 11 is 0. The summed E-state index contributed by atoms with van der Waals surface area (Å²) in [5.74, 6) is 0.00805. The maximum atomic E-state index is 13.2. The van der Waals surface area contributed by atoms with Gasteiger partial charge in [0.1, 0.15) is 0 Å². The summed E-state index contributed by atoms with van der Waals surface area (Å²) in [6, 6.07) is 8.72. The third kappa shape index (κ3) is 2.74. The van der Waals surface area contributed by atoms with Crippen LogP contribution in [-0.4, -0.2) is 27.6 Å². The number of aryl methyl sites for hydroxylation is 3. The fraction of sp³-hybridized carbons (Fsp3) is 0.500. The summed E-state index contributed by atoms with van der Waals surface area (Å²) in [5.41, 5.74) is 5.79. The zero-order chi connectivity index (χ0) is 17.4. The summed E-state index contributed by atoms with van der Waals surface area (Å²) in [5, 5.41) is 4.47. The molecule has 0 unspecified atom stereocenters. The molecule has 3 rings (SSSR count). The SMILES string of the molecule is Cc1nn(C)c(C)c1[C@@H](C)C(=O)N(C)[C@H]1CCCc2ccccc21. The molecule has 1 aromatic heterocycles. The molecule has 4 heteroatoms. The van der Waals surface area contributed by atoms with Crippen molar-refractivity contribution in [2.75, 3.05) is 7.05 Å². The van der Waals surface area contributed by atoms with Crippen LogP contribution < -0.4 is 0 Å². The van der Waals surface area contributed by atoms with Crippen LogP contribution in [0.3, 0.4) is 0 Å². The minimum atomic E-state index is -0.169. The van der Waals surface area contributed by atoms with Crippen molar-refractivity contribution in [3.63, 3.8) is 0 Å². The normalized spacial score (nSPS) is 18.1. The number of amides is 1. The first-order chi connectivity index (χ1) is 11.4. The van der Waals surface area contributed by atoms with E-state index >= 15 is 0 Å². The maximum absolute atomic E-state index is 13.2. The van der Waals surface area contributed by atoms with Gasteiger partial charge in [-0.1, -0.05) is 24.3 Å². The zero-order valence-electron chi connectivity index (χ0n) is 15.3. The van der Waals surface area contributed by atoms with Crippen LogP contribution in [0, 0.1) is 13.8 Å². The number of carbonyl (C=O) groups excluding carboxylic acids is 1. The molecule has 0 fully saturated rings. The number of likely N-dealkylation sites (N-methyl/N-ethyl adjacent to an activating group) is 1. The van der Waals surface area contributed by atoms with Gasteiger partial charge in [-0.3, -0.25) is 9.48 Å². The lowest BCUT2D eigenvalue weighted by atomic mass is 9.86. The molecule has 4 nitrogen and oxygen atoms in total. The Kier molecular flexibility index (Phi) is 4.48. The van der Waals surface area contributed by atoms with Crippen LogP contribution in [0.25, 0.3) is 0 Å². The Bertz CT molecular complexity index is 762. The average molecular weight is 325 g/mol. The van der Waals surface area contributed by atoms with E-state index in [0.717, 1.165) is 36.2 Å². The van der Waals surface area contributed by atoms with E-state index in [-0.39, 0.29) is 17.9 Å². The maximum Gasteiger partial charge on any atom is 0.230 e. The van der Waals surface area contributed by atoms with Gasteiger partial charge in [0.15, 0.2) is 0 Å². The zero-order valence-corrected chi connectivity index (χ0v) is 15.3. The van der Waals surface area contributed by atoms with Crippen molar-refractivity contribution in [3.8, 4) is 0 Å². The highest BCUT2D eigenvalue weighted by atomic mass is 16.2. The number of hydrogen-bond acceptors (Lipinski definition) is 2. The Labute approximate surface area is 144 Å². The van der Waals surface area contributed by atoms with Crippen molar-refractivity contribution in [2.45, 2.75) is 52.0 Å². The van der Waals surface area contributed by atoms with Crippen LogP contribution in [0.1, 0.15) is 59.8 Å². The summed E-state index contributed by atoms with van der Waals surface area (Å²) in [6.45, 7) is 6.03. The second kappa shape index (κ2) is 6.42. The summed E-state index contributed by atoms with van der Waals surface area (Å²) < 4.78 is 1.87. The molecule has 1 aliphatic rings. The molecule has 0 saturated carbocycles. The van der Waals surface area contributed by atoms with Gasteiger partial charge in [0.25, 0.3) is 0 Å². The van der Waals surface area contributed by atoms with Gasteiger partial charge in [0, 0.05) is 25.4 Å². The minimum Gasteiger partial charge on any atom is -0.338 e. The van der Waals surface area contributed by atoms with E-state index in [1.54, 1.807) is 0 Å². The second-order valence-corrected chi connectivity index (χ2v) is 6.99. The molecule has 0 N–H and O–H groups in total. The van der Waals surface area contributed by atoms with E-state index in [1.165, 1.54) is 11.1 Å². The molecule has 24 heavy (non-hydrogen) atoms. The molecule has 1 aliphatic carbocycles. The van der Waals surface area contributed by atoms with Crippen molar-refractivity contribution in [1.82, 2.24) is 14.7 Å². The molecule has 1 heterocycles. The van der Waals surface area contributed by atoms with Gasteiger partial charge in [-0.05, 0) is 51.2 Å². The number of rotatable bonds is 3. The monoisotopic (exact) mass is 325 g/mol. The van der Waals surface area contributed by atoms with Gasteiger partial charge in [-0.25, -0.2) is 0 Å². The molecule has 0 spiro atoms. The molecule has 0 aliphatic heterocycles. The highest BCUT2D eigenvalue weighted by molar-refractivity contribution is 5.84.